The van der Waals surface area contributed by atoms with E-state index in [1.807, 2.05) is 41.9 Å². The van der Waals surface area contributed by atoms with Gasteiger partial charge in [-0.15, -0.1) is 11.3 Å². The molecule has 0 unspecified atom stereocenters. The van der Waals surface area contributed by atoms with Gasteiger partial charge in [-0.05, 0) is 25.1 Å². The number of fused-ring (bicyclic) bond motifs is 1. The summed E-state index contributed by atoms with van der Waals surface area (Å²) in [6.07, 6.45) is 1.37. The molecule has 2 heterocycles. The zero-order chi connectivity index (χ0) is 20.4. The van der Waals surface area contributed by atoms with E-state index < -0.39 is 4.92 Å². The zero-order valence-electron chi connectivity index (χ0n) is 15.3. The summed E-state index contributed by atoms with van der Waals surface area (Å²) in [7, 11) is 0. The van der Waals surface area contributed by atoms with Gasteiger partial charge in [0.15, 0.2) is 0 Å². The number of nitrogens with zero attached hydrogens (tertiary/aromatic N) is 4. The van der Waals surface area contributed by atoms with E-state index in [2.05, 4.69) is 15.6 Å². The number of carbonyl (C=O) groups is 1. The third-order valence-electron chi connectivity index (χ3n) is 4.23. The van der Waals surface area contributed by atoms with Crippen LogP contribution in [0.1, 0.15) is 20.9 Å². The molecular formula is C20H15N5O3S. The maximum atomic E-state index is 12.5. The molecule has 144 valence electrons. The number of hydrogen-bond acceptors (Lipinski definition) is 6. The first-order valence-electron chi connectivity index (χ1n) is 8.65. The number of non-ortho nitro benzene ring substituents is 1. The number of carbonyl (C=O) groups excluding carboxylic acids is 1. The number of nitro groups is 1. The van der Waals surface area contributed by atoms with Crippen molar-refractivity contribution in [2.45, 2.75) is 6.92 Å². The standard InChI is InChI=1S/C20H15N5O3S/c1-13-17-11-18(29-20(17)24(23-13)15-7-3-2-4-8-15)19(26)22-21-12-14-6-5-9-16(10-14)25(27)28/h2-12H,1H3,(H,22,26). The number of nitrogens with one attached hydrogen (secondary N) is 1. The Labute approximate surface area is 169 Å². The Hall–Kier alpha value is -3.85. The van der Waals surface area contributed by atoms with Crippen LogP contribution in [0.4, 0.5) is 5.69 Å². The summed E-state index contributed by atoms with van der Waals surface area (Å²) in [5.74, 6) is -0.355. The van der Waals surface area contributed by atoms with E-state index in [9.17, 15) is 14.9 Å². The molecule has 29 heavy (non-hydrogen) atoms. The Morgan fingerprint density at radius 1 is 1.21 bits per heavy atom. The molecule has 0 radical (unpaired) electrons. The van der Waals surface area contributed by atoms with Gasteiger partial charge in [0.05, 0.1) is 27.4 Å². The molecule has 4 rings (SSSR count). The van der Waals surface area contributed by atoms with Crippen LogP contribution in [0, 0.1) is 17.0 Å². The number of rotatable bonds is 5. The fraction of sp³-hybridized carbons (Fsp3) is 0.0500. The Bertz CT molecular complexity index is 1240. The lowest BCUT2D eigenvalue weighted by Crippen LogP contribution is -2.16. The molecule has 9 heteroatoms. The van der Waals surface area contributed by atoms with Gasteiger partial charge in [0, 0.05) is 23.1 Å². The summed E-state index contributed by atoms with van der Waals surface area (Å²) in [6.45, 7) is 1.90. The van der Waals surface area contributed by atoms with Crippen LogP contribution in [-0.4, -0.2) is 26.8 Å². The van der Waals surface area contributed by atoms with Gasteiger partial charge in [0.1, 0.15) is 4.83 Å². The Morgan fingerprint density at radius 2 is 2.00 bits per heavy atom. The van der Waals surface area contributed by atoms with Crippen molar-refractivity contribution in [3.8, 4) is 5.69 Å². The van der Waals surface area contributed by atoms with Crippen molar-refractivity contribution in [2.75, 3.05) is 0 Å². The highest BCUT2D eigenvalue weighted by molar-refractivity contribution is 7.20. The van der Waals surface area contributed by atoms with Gasteiger partial charge in [-0.25, -0.2) is 10.1 Å². The van der Waals surface area contributed by atoms with E-state index in [1.165, 1.54) is 29.7 Å². The number of hydrogen-bond donors (Lipinski definition) is 1. The Balaban J connectivity index is 1.55. The summed E-state index contributed by atoms with van der Waals surface area (Å²) >= 11 is 1.33. The molecule has 0 aliphatic rings. The fourth-order valence-electron chi connectivity index (χ4n) is 2.84. The first-order valence-corrected chi connectivity index (χ1v) is 9.47. The van der Waals surface area contributed by atoms with Crippen molar-refractivity contribution >= 4 is 39.4 Å². The van der Waals surface area contributed by atoms with Crippen LogP contribution in [0.25, 0.3) is 15.9 Å². The van der Waals surface area contributed by atoms with Crippen LogP contribution >= 0.6 is 11.3 Å². The molecule has 1 N–H and O–H groups in total. The third kappa shape index (κ3) is 3.76. The molecule has 0 atom stereocenters. The highest BCUT2D eigenvalue weighted by Crippen LogP contribution is 2.30. The average Bonchev–Trinajstić information content (AvgIpc) is 3.29. The van der Waals surface area contributed by atoms with Crippen molar-refractivity contribution in [3.63, 3.8) is 0 Å². The number of aromatic nitrogens is 2. The van der Waals surface area contributed by atoms with Crippen LogP contribution in [0.3, 0.4) is 0 Å². The third-order valence-corrected chi connectivity index (χ3v) is 5.34. The molecule has 0 aliphatic carbocycles. The van der Waals surface area contributed by atoms with Crippen molar-refractivity contribution in [3.05, 3.63) is 86.9 Å². The minimum atomic E-state index is -0.481. The maximum absolute atomic E-state index is 12.5. The summed E-state index contributed by atoms with van der Waals surface area (Å²) in [4.78, 5) is 24.2. The number of benzene rings is 2. The van der Waals surface area contributed by atoms with E-state index in [1.54, 1.807) is 18.2 Å². The number of amides is 1. The predicted molar refractivity (Wildman–Crippen MR) is 112 cm³/mol. The quantitative estimate of drug-likeness (QED) is 0.307. The van der Waals surface area contributed by atoms with E-state index in [4.69, 9.17) is 0 Å². The second-order valence-corrected chi connectivity index (χ2v) is 7.24. The molecule has 0 saturated carbocycles. The van der Waals surface area contributed by atoms with Crippen LogP contribution in [0.5, 0.6) is 0 Å². The molecule has 0 saturated heterocycles. The second-order valence-electron chi connectivity index (χ2n) is 6.21. The zero-order valence-corrected chi connectivity index (χ0v) is 16.1. The largest absolute Gasteiger partial charge is 0.281 e. The summed E-state index contributed by atoms with van der Waals surface area (Å²) < 4.78 is 1.82. The summed E-state index contributed by atoms with van der Waals surface area (Å²) in [5, 5.41) is 20.2. The second kappa shape index (κ2) is 7.64. The van der Waals surface area contributed by atoms with Crippen molar-refractivity contribution < 1.29 is 9.72 Å². The van der Waals surface area contributed by atoms with Crippen molar-refractivity contribution in [1.82, 2.24) is 15.2 Å². The average molecular weight is 405 g/mol. The minimum absolute atomic E-state index is 0.0364. The monoisotopic (exact) mass is 405 g/mol. The van der Waals surface area contributed by atoms with E-state index in [0.29, 0.717) is 10.4 Å². The SMILES string of the molecule is Cc1nn(-c2ccccc2)c2sc(C(=O)NN=Cc3cccc([N+](=O)[O-])c3)cc12. The molecule has 1 amide bonds. The van der Waals surface area contributed by atoms with Crippen LogP contribution < -0.4 is 5.43 Å². The summed E-state index contributed by atoms with van der Waals surface area (Å²) in [6, 6.07) is 17.5. The highest BCUT2D eigenvalue weighted by atomic mass is 32.1. The molecule has 8 nitrogen and oxygen atoms in total. The van der Waals surface area contributed by atoms with Crippen molar-refractivity contribution in [1.29, 1.82) is 0 Å². The molecule has 0 fully saturated rings. The molecule has 4 aromatic rings. The number of aryl methyl sites for hydroxylation is 1. The lowest BCUT2D eigenvalue weighted by molar-refractivity contribution is -0.384. The normalized spacial score (nSPS) is 11.2. The fourth-order valence-corrected chi connectivity index (χ4v) is 3.92. The molecule has 0 bridgehead atoms. The Morgan fingerprint density at radius 3 is 2.76 bits per heavy atom. The number of hydrazone groups is 1. The number of para-hydroxylation sites is 1. The van der Waals surface area contributed by atoms with E-state index in [0.717, 1.165) is 21.6 Å². The van der Waals surface area contributed by atoms with Gasteiger partial charge in [0.2, 0.25) is 0 Å². The van der Waals surface area contributed by atoms with E-state index in [-0.39, 0.29) is 11.6 Å². The van der Waals surface area contributed by atoms with Gasteiger partial charge in [-0.1, -0.05) is 30.3 Å². The molecule has 2 aromatic carbocycles. The van der Waals surface area contributed by atoms with E-state index >= 15 is 0 Å². The van der Waals surface area contributed by atoms with Gasteiger partial charge in [-0.2, -0.15) is 10.2 Å². The predicted octanol–water partition coefficient (Wildman–Crippen LogP) is 4.07. The van der Waals surface area contributed by atoms with Gasteiger partial charge in [-0.3, -0.25) is 14.9 Å². The van der Waals surface area contributed by atoms with Gasteiger partial charge < -0.3 is 0 Å². The van der Waals surface area contributed by atoms with Gasteiger partial charge >= 0.3 is 0 Å². The first kappa shape index (κ1) is 18.5. The molecular weight excluding hydrogens is 390 g/mol. The van der Waals surface area contributed by atoms with Crippen LogP contribution in [0.2, 0.25) is 0 Å². The topological polar surface area (TPSA) is 102 Å². The maximum Gasteiger partial charge on any atom is 0.281 e. The lowest BCUT2D eigenvalue weighted by atomic mass is 10.2. The minimum Gasteiger partial charge on any atom is -0.266 e. The molecule has 0 aliphatic heterocycles. The highest BCUT2D eigenvalue weighted by Gasteiger charge is 2.16. The lowest BCUT2D eigenvalue weighted by Gasteiger charge is -2.01. The number of thiophene rings is 1. The Kier molecular flexibility index (Phi) is 4.88. The number of nitro benzene ring substituents is 1. The van der Waals surface area contributed by atoms with Crippen LogP contribution in [0.15, 0.2) is 65.8 Å². The van der Waals surface area contributed by atoms with Crippen LogP contribution in [-0.2, 0) is 0 Å². The summed E-state index contributed by atoms with van der Waals surface area (Å²) in [5.41, 5.74) is 4.70. The van der Waals surface area contributed by atoms with Crippen molar-refractivity contribution in [2.24, 2.45) is 5.10 Å². The molecule has 0 spiro atoms. The first-order chi connectivity index (χ1) is 14.0. The van der Waals surface area contributed by atoms with Gasteiger partial charge in [0.25, 0.3) is 11.6 Å². The molecule has 2 aromatic heterocycles. The smallest absolute Gasteiger partial charge is 0.266 e.